The zero-order valence-electron chi connectivity index (χ0n) is 22.3. The van der Waals surface area contributed by atoms with Gasteiger partial charge in [0.1, 0.15) is 23.3 Å². The lowest BCUT2D eigenvalue weighted by Crippen LogP contribution is -2.40. The predicted molar refractivity (Wildman–Crippen MR) is 150 cm³/mol. The first-order valence-electron chi connectivity index (χ1n) is 12.4. The van der Waals surface area contributed by atoms with Crippen LogP contribution in [0.25, 0.3) is 16.8 Å². The maximum Gasteiger partial charge on any atom is 0.338 e. The van der Waals surface area contributed by atoms with Gasteiger partial charge in [0.05, 0.1) is 43.7 Å². The number of esters is 1. The lowest BCUT2D eigenvalue weighted by molar-refractivity contribution is -0.139. The summed E-state index contributed by atoms with van der Waals surface area (Å²) < 4.78 is 24.3. The smallest absolute Gasteiger partial charge is 0.338 e. The molecule has 0 aliphatic carbocycles. The molecule has 39 heavy (non-hydrogen) atoms. The van der Waals surface area contributed by atoms with Crippen LogP contribution in [0.2, 0.25) is 0 Å². The Kier molecular flexibility index (Phi) is 7.26. The van der Waals surface area contributed by atoms with Gasteiger partial charge in [0.15, 0.2) is 4.80 Å². The fourth-order valence-electron chi connectivity index (χ4n) is 4.88. The summed E-state index contributed by atoms with van der Waals surface area (Å²) in [6, 6.07) is 16.1. The van der Waals surface area contributed by atoms with Crippen molar-refractivity contribution >= 4 is 34.2 Å². The largest absolute Gasteiger partial charge is 0.497 e. The third kappa shape index (κ3) is 4.59. The molecule has 0 fully saturated rings. The van der Waals surface area contributed by atoms with Gasteiger partial charge in [0.2, 0.25) is 0 Å². The van der Waals surface area contributed by atoms with Gasteiger partial charge in [-0.05, 0) is 55.0 Å². The SMILES string of the molecule is CCOC(=O)C1=C(C)N=c2s/c(=C\c3ccccc3OC)c(=O)n2[C@@H]1c1c(OC)ccc2ccc(OC)cc12. The van der Waals surface area contributed by atoms with Crippen molar-refractivity contribution in [2.45, 2.75) is 19.9 Å². The number of methoxy groups -OCH3 is 3. The summed E-state index contributed by atoms with van der Waals surface area (Å²) in [5, 5.41) is 1.69. The van der Waals surface area contributed by atoms with Crippen molar-refractivity contribution in [2.24, 2.45) is 4.99 Å². The lowest BCUT2D eigenvalue weighted by atomic mass is 9.90. The van der Waals surface area contributed by atoms with E-state index in [9.17, 15) is 9.59 Å². The van der Waals surface area contributed by atoms with E-state index in [1.165, 1.54) is 11.3 Å². The molecule has 1 atom stereocenters. The number of nitrogens with zero attached hydrogens (tertiary/aromatic N) is 2. The van der Waals surface area contributed by atoms with Gasteiger partial charge >= 0.3 is 5.97 Å². The number of carbonyl (C=O) groups excluding carboxylic acids is 1. The molecule has 0 saturated carbocycles. The molecule has 1 aromatic heterocycles. The number of rotatable bonds is 7. The minimum absolute atomic E-state index is 0.182. The number of aromatic nitrogens is 1. The average Bonchev–Trinajstić information content (AvgIpc) is 3.25. The van der Waals surface area contributed by atoms with E-state index in [2.05, 4.69) is 4.99 Å². The van der Waals surface area contributed by atoms with Crippen LogP contribution in [0.3, 0.4) is 0 Å². The summed E-state index contributed by atoms with van der Waals surface area (Å²) >= 11 is 1.25. The zero-order chi connectivity index (χ0) is 27.7. The fourth-order valence-corrected chi connectivity index (χ4v) is 5.92. The summed E-state index contributed by atoms with van der Waals surface area (Å²) in [5.74, 6) is 1.27. The van der Waals surface area contributed by atoms with Crippen LogP contribution >= 0.6 is 11.3 Å². The second-order valence-corrected chi connectivity index (χ2v) is 9.82. The van der Waals surface area contributed by atoms with Gasteiger partial charge in [-0.1, -0.05) is 41.7 Å². The summed E-state index contributed by atoms with van der Waals surface area (Å²) in [7, 11) is 4.75. The van der Waals surface area contributed by atoms with E-state index in [0.29, 0.717) is 37.8 Å². The molecule has 8 nitrogen and oxygen atoms in total. The Bertz CT molecular complexity index is 1800. The highest BCUT2D eigenvalue weighted by Gasteiger charge is 2.36. The molecule has 9 heteroatoms. The second-order valence-electron chi connectivity index (χ2n) is 8.81. The number of para-hydroxylation sites is 1. The minimum atomic E-state index is -0.842. The Hall–Kier alpha value is -4.37. The normalized spacial score (nSPS) is 15.1. The van der Waals surface area contributed by atoms with E-state index in [1.807, 2.05) is 54.6 Å². The number of fused-ring (bicyclic) bond motifs is 2. The Morgan fingerprint density at radius 2 is 1.77 bits per heavy atom. The molecule has 0 unspecified atom stereocenters. The summed E-state index contributed by atoms with van der Waals surface area (Å²) in [6.45, 7) is 3.68. The molecular weight excluding hydrogens is 516 g/mol. The molecule has 0 bridgehead atoms. The molecule has 200 valence electrons. The molecule has 5 rings (SSSR count). The topological polar surface area (TPSA) is 88.4 Å². The lowest BCUT2D eigenvalue weighted by Gasteiger charge is -2.27. The summed E-state index contributed by atoms with van der Waals surface area (Å²) in [4.78, 5) is 32.7. The van der Waals surface area contributed by atoms with Crippen molar-refractivity contribution in [2.75, 3.05) is 27.9 Å². The molecule has 0 saturated heterocycles. The van der Waals surface area contributed by atoms with Gasteiger partial charge in [-0.3, -0.25) is 9.36 Å². The molecule has 0 N–H and O–H groups in total. The Labute approximate surface area is 229 Å². The number of hydrogen-bond acceptors (Lipinski definition) is 8. The number of thiazole rings is 1. The fraction of sp³-hybridized carbons (Fsp3) is 0.233. The van der Waals surface area contributed by atoms with Gasteiger partial charge < -0.3 is 18.9 Å². The van der Waals surface area contributed by atoms with Crippen LogP contribution in [0.4, 0.5) is 0 Å². The van der Waals surface area contributed by atoms with Crippen LogP contribution in [0.15, 0.2) is 75.7 Å². The minimum Gasteiger partial charge on any atom is -0.497 e. The first-order chi connectivity index (χ1) is 18.9. The van der Waals surface area contributed by atoms with E-state index in [1.54, 1.807) is 45.8 Å². The zero-order valence-corrected chi connectivity index (χ0v) is 23.1. The van der Waals surface area contributed by atoms with E-state index < -0.39 is 12.0 Å². The molecular formula is C30H28N2O6S. The second kappa shape index (κ2) is 10.8. The Morgan fingerprint density at radius 1 is 1.03 bits per heavy atom. The van der Waals surface area contributed by atoms with Crippen LogP contribution < -0.4 is 29.1 Å². The van der Waals surface area contributed by atoms with Gasteiger partial charge in [-0.15, -0.1) is 0 Å². The predicted octanol–water partition coefficient (Wildman–Crippen LogP) is 3.98. The van der Waals surface area contributed by atoms with Crippen molar-refractivity contribution in [3.8, 4) is 17.2 Å². The van der Waals surface area contributed by atoms with E-state index in [0.717, 1.165) is 16.3 Å². The summed E-state index contributed by atoms with van der Waals surface area (Å²) in [5.41, 5.74) is 1.88. The number of benzene rings is 3. The third-order valence-electron chi connectivity index (χ3n) is 6.67. The van der Waals surface area contributed by atoms with E-state index in [-0.39, 0.29) is 17.7 Å². The standard InChI is InChI=1S/C30H28N2O6S/c1-6-38-29(34)25-17(2)31-30-32(28(33)24(39-30)15-19-9-7-8-10-22(19)36-4)27(25)26-21-16-20(35-3)13-11-18(21)12-14-23(26)37-5/h7-16,27H,6H2,1-5H3/b24-15-/t27-/m0/s1. The quantitative estimate of drug-likeness (QED) is 0.327. The van der Waals surface area contributed by atoms with Crippen molar-refractivity contribution in [3.05, 3.63) is 96.7 Å². The van der Waals surface area contributed by atoms with Gasteiger partial charge in [-0.2, -0.15) is 0 Å². The van der Waals surface area contributed by atoms with Crippen LogP contribution in [-0.4, -0.2) is 38.5 Å². The maximum absolute atomic E-state index is 14.1. The molecule has 0 radical (unpaired) electrons. The van der Waals surface area contributed by atoms with Crippen molar-refractivity contribution < 1.29 is 23.7 Å². The number of carbonyl (C=O) groups is 1. The molecule has 0 spiro atoms. The maximum atomic E-state index is 14.1. The van der Waals surface area contributed by atoms with Crippen molar-refractivity contribution in [1.29, 1.82) is 0 Å². The van der Waals surface area contributed by atoms with Crippen molar-refractivity contribution in [3.63, 3.8) is 0 Å². The van der Waals surface area contributed by atoms with Crippen LogP contribution in [0, 0.1) is 0 Å². The van der Waals surface area contributed by atoms with E-state index in [4.69, 9.17) is 18.9 Å². The Balaban J connectivity index is 1.87. The van der Waals surface area contributed by atoms with Crippen LogP contribution in [-0.2, 0) is 9.53 Å². The molecule has 4 aromatic rings. The first kappa shape index (κ1) is 26.2. The van der Waals surface area contributed by atoms with Crippen molar-refractivity contribution in [1.82, 2.24) is 4.57 Å². The highest BCUT2D eigenvalue weighted by atomic mass is 32.1. The van der Waals surface area contributed by atoms with E-state index >= 15 is 0 Å². The number of hydrogen-bond donors (Lipinski definition) is 0. The highest BCUT2D eigenvalue weighted by Crippen LogP contribution is 2.41. The molecule has 3 aromatic carbocycles. The molecule has 2 heterocycles. The van der Waals surface area contributed by atoms with Gasteiger partial charge in [0.25, 0.3) is 5.56 Å². The molecule has 1 aliphatic rings. The number of ether oxygens (including phenoxy) is 4. The number of allylic oxidation sites excluding steroid dienone is 1. The van der Waals surface area contributed by atoms with Gasteiger partial charge in [-0.25, -0.2) is 9.79 Å². The Morgan fingerprint density at radius 3 is 2.49 bits per heavy atom. The average molecular weight is 545 g/mol. The highest BCUT2D eigenvalue weighted by molar-refractivity contribution is 7.07. The third-order valence-corrected chi connectivity index (χ3v) is 7.65. The first-order valence-corrected chi connectivity index (χ1v) is 13.2. The van der Waals surface area contributed by atoms with Gasteiger partial charge in [0, 0.05) is 11.1 Å². The monoisotopic (exact) mass is 544 g/mol. The molecule has 1 aliphatic heterocycles. The summed E-state index contributed by atoms with van der Waals surface area (Å²) in [6.07, 6.45) is 1.78. The van der Waals surface area contributed by atoms with Crippen LogP contribution in [0.5, 0.6) is 17.2 Å². The van der Waals surface area contributed by atoms with Crippen LogP contribution in [0.1, 0.15) is 31.0 Å². The molecule has 0 amide bonds.